The van der Waals surface area contributed by atoms with Crippen molar-refractivity contribution in [2.24, 2.45) is 5.10 Å². The largest absolute Gasteiger partial charge is 0.438 e. The Kier molecular flexibility index (Phi) is 5.09. The highest BCUT2D eigenvalue weighted by Crippen LogP contribution is 2.42. The molecule has 0 aromatic heterocycles. The van der Waals surface area contributed by atoms with Crippen LogP contribution >= 0.6 is 27.5 Å². The number of rotatable bonds is 2. The van der Waals surface area contributed by atoms with Crippen LogP contribution in [0.4, 0.5) is 13.2 Å². The lowest BCUT2D eigenvalue weighted by Gasteiger charge is -2.32. The fraction of sp³-hybridized carbons (Fsp3) is 0.222. The molecule has 9 heteroatoms. The Labute approximate surface area is 166 Å². The molecule has 4 nitrogen and oxygen atoms in total. The zero-order valence-electron chi connectivity index (χ0n) is 13.9. The van der Waals surface area contributed by atoms with Crippen LogP contribution in [0.3, 0.4) is 0 Å². The van der Waals surface area contributed by atoms with E-state index in [0.29, 0.717) is 5.56 Å². The van der Waals surface area contributed by atoms with Gasteiger partial charge in [-0.1, -0.05) is 45.7 Å². The quantitative estimate of drug-likeness (QED) is 0.691. The molecule has 1 N–H and O–H groups in total. The van der Waals surface area contributed by atoms with Crippen LogP contribution in [0.2, 0.25) is 5.02 Å². The van der Waals surface area contributed by atoms with Gasteiger partial charge >= 0.3 is 6.18 Å². The predicted octanol–water partition coefficient (Wildman–Crippen LogP) is 4.91. The van der Waals surface area contributed by atoms with Gasteiger partial charge < -0.3 is 5.11 Å². The highest BCUT2D eigenvalue weighted by molar-refractivity contribution is 9.10. The third-order valence-electron chi connectivity index (χ3n) is 4.16. The fourth-order valence-corrected chi connectivity index (χ4v) is 3.27. The number of hydrogen-bond acceptors (Lipinski definition) is 3. The van der Waals surface area contributed by atoms with E-state index >= 15 is 0 Å². The van der Waals surface area contributed by atoms with Gasteiger partial charge in [-0.2, -0.15) is 23.3 Å². The Morgan fingerprint density at radius 1 is 1.26 bits per heavy atom. The van der Waals surface area contributed by atoms with Crippen LogP contribution in [-0.2, 0) is 0 Å². The summed E-state index contributed by atoms with van der Waals surface area (Å²) in [7, 11) is 0. The van der Waals surface area contributed by atoms with E-state index < -0.39 is 24.2 Å². The molecule has 0 bridgehead atoms. The first-order valence-electron chi connectivity index (χ1n) is 7.76. The average molecular weight is 462 g/mol. The molecule has 0 unspecified atom stereocenters. The zero-order chi connectivity index (χ0) is 20.0. The Hall–Kier alpha value is -1.90. The molecule has 1 aliphatic rings. The molecule has 1 amide bonds. The number of aliphatic hydroxyl groups is 1. The van der Waals surface area contributed by atoms with Gasteiger partial charge in [0.05, 0.1) is 22.7 Å². The van der Waals surface area contributed by atoms with E-state index in [0.717, 1.165) is 10.0 Å². The van der Waals surface area contributed by atoms with Crippen LogP contribution in [0.15, 0.2) is 52.0 Å². The SMILES string of the molecule is Cc1ccc(C(=O)N2N=C(c3ccc(Br)cc3)C[C@@]2(O)C(F)(F)F)c(Cl)c1. The fourth-order valence-electron chi connectivity index (χ4n) is 2.69. The third kappa shape index (κ3) is 3.61. The Balaban J connectivity index is 2.07. The topological polar surface area (TPSA) is 52.9 Å². The Morgan fingerprint density at radius 3 is 2.44 bits per heavy atom. The van der Waals surface area contributed by atoms with E-state index in [1.54, 1.807) is 37.3 Å². The second-order valence-electron chi connectivity index (χ2n) is 6.14. The average Bonchev–Trinajstić information content (AvgIpc) is 2.94. The molecule has 3 rings (SSSR count). The van der Waals surface area contributed by atoms with Crippen molar-refractivity contribution < 1.29 is 23.1 Å². The highest BCUT2D eigenvalue weighted by Gasteiger charge is 2.63. The third-order valence-corrected chi connectivity index (χ3v) is 5.01. The van der Waals surface area contributed by atoms with E-state index in [1.807, 2.05) is 0 Å². The summed E-state index contributed by atoms with van der Waals surface area (Å²) < 4.78 is 41.6. The van der Waals surface area contributed by atoms with Crippen LogP contribution in [-0.4, -0.2) is 33.6 Å². The van der Waals surface area contributed by atoms with Gasteiger partial charge in [-0.05, 0) is 42.3 Å². The first-order valence-corrected chi connectivity index (χ1v) is 8.93. The maximum atomic E-state index is 13.6. The number of aryl methyl sites for hydroxylation is 1. The molecule has 142 valence electrons. The van der Waals surface area contributed by atoms with Gasteiger partial charge in [0.15, 0.2) is 0 Å². The molecule has 0 aliphatic carbocycles. The molecule has 1 atom stereocenters. The first kappa shape index (κ1) is 19.9. The van der Waals surface area contributed by atoms with Crippen molar-refractivity contribution in [2.45, 2.75) is 25.2 Å². The summed E-state index contributed by atoms with van der Waals surface area (Å²) in [5, 5.41) is 14.2. The van der Waals surface area contributed by atoms with Gasteiger partial charge in [0.2, 0.25) is 0 Å². The number of carbonyl (C=O) groups excluding carboxylic acids is 1. The number of halogens is 5. The van der Waals surface area contributed by atoms with Gasteiger partial charge in [-0.25, -0.2) is 0 Å². The second-order valence-corrected chi connectivity index (χ2v) is 7.47. The molecule has 2 aromatic carbocycles. The molecular formula is C18H13BrClF3N2O2. The standard InChI is InChI=1S/C18H13BrClF3N2O2/c1-10-2-7-13(14(20)8-10)16(26)25-17(27,18(21,22)23)9-15(24-25)11-3-5-12(19)6-4-11/h2-8,27H,9H2,1H3/t17-/m1/s1. The molecule has 1 aliphatic heterocycles. The summed E-state index contributed by atoms with van der Waals surface area (Å²) in [4.78, 5) is 12.7. The second kappa shape index (κ2) is 6.92. The van der Waals surface area contributed by atoms with Gasteiger partial charge in [0.1, 0.15) is 0 Å². The maximum absolute atomic E-state index is 13.6. The number of alkyl halides is 3. The van der Waals surface area contributed by atoms with Crippen molar-refractivity contribution in [3.63, 3.8) is 0 Å². The lowest BCUT2D eigenvalue weighted by atomic mass is 10.0. The van der Waals surface area contributed by atoms with Crippen molar-refractivity contribution in [1.82, 2.24) is 5.01 Å². The molecule has 1 heterocycles. The van der Waals surface area contributed by atoms with Crippen molar-refractivity contribution in [3.8, 4) is 0 Å². The molecule has 0 saturated carbocycles. The van der Waals surface area contributed by atoms with Gasteiger partial charge in [-0.15, -0.1) is 0 Å². The maximum Gasteiger partial charge on any atom is 0.438 e. The monoisotopic (exact) mass is 460 g/mol. The molecule has 0 fully saturated rings. The molecule has 2 aromatic rings. The summed E-state index contributed by atoms with van der Waals surface area (Å²) in [6.07, 6.45) is -5.99. The van der Waals surface area contributed by atoms with Crippen LogP contribution in [0.5, 0.6) is 0 Å². The summed E-state index contributed by atoms with van der Waals surface area (Å²) in [5.74, 6) is -1.13. The predicted molar refractivity (Wildman–Crippen MR) is 98.7 cm³/mol. The van der Waals surface area contributed by atoms with Crippen LogP contribution < -0.4 is 0 Å². The molecule has 0 spiro atoms. The minimum atomic E-state index is -5.11. The van der Waals surface area contributed by atoms with E-state index in [1.165, 1.54) is 12.1 Å². The molecular weight excluding hydrogens is 449 g/mol. The van der Waals surface area contributed by atoms with Crippen LogP contribution in [0.1, 0.15) is 27.9 Å². The molecule has 27 heavy (non-hydrogen) atoms. The normalized spacial score (nSPS) is 20.0. The Bertz CT molecular complexity index is 931. The number of amides is 1. The minimum absolute atomic E-state index is 0.0168. The zero-order valence-corrected chi connectivity index (χ0v) is 16.2. The minimum Gasteiger partial charge on any atom is -0.362 e. The summed E-state index contributed by atoms with van der Waals surface area (Å²) >= 11 is 9.26. The Morgan fingerprint density at radius 2 is 1.89 bits per heavy atom. The van der Waals surface area contributed by atoms with Gasteiger partial charge in [0, 0.05) is 4.47 Å². The van der Waals surface area contributed by atoms with Crippen LogP contribution in [0.25, 0.3) is 0 Å². The summed E-state index contributed by atoms with van der Waals surface area (Å²) in [6.45, 7) is 1.73. The lowest BCUT2D eigenvalue weighted by Crippen LogP contribution is -2.56. The van der Waals surface area contributed by atoms with Crippen molar-refractivity contribution >= 4 is 39.1 Å². The van der Waals surface area contributed by atoms with Gasteiger partial charge in [0.25, 0.3) is 11.6 Å². The number of carbonyl (C=O) groups is 1. The number of hydrogen-bond donors (Lipinski definition) is 1. The summed E-state index contributed by atoms with van der Waals surface area (Å²) in [5.41, 5.74) is -2.58. The van der Waals surface area contributed by atoms with E-state index in [-0.39, 0.29) is 21.3 Å². The summed E-state index contributed by atoms with van der Waals surface area (Å²) in [6, 6.07) is 10.7. The van der Waals surface area contributed by atoms with E-state index in [2.05, 4.69) is 21.0 Å². The number of hydrazone groups is 1. The number of benzene rings is 2. The van der Waals surface area contributed by atoms with Crippen LogP contribution in [0, 0.1) is 6.92 Å². The first-order chi connectivity index (χ1) is 12.5. The highest BCUT2D eigenvalue weighted by atomic mass is 79.9. The lowest BCUT2D eigenvalue weighted by molar-refractivity contribution is -0.297. The van der Waals surface area contributed by atoms with Crippen molar-refractivity contribution in [1.29, 1.82) is 0 Å². The van der Waals surface area contributed by atoms with Crippen molar-refractivity contribution in [3.05, 3.63) is 68.7 Å². The molecule has 0 saturated heterocycles. The number of nitrogens with zero attached hydrogens (tertiary/aromatic N) is 2. The van der Waals surface area contributed by atoms with Crippen molar-refractivity contribution in [2.75, 3.05) is 0 Å². The van der Waals surface area contributed by atoms with E-state index in [4.69, 9.17) is 11.6 Å². The smallest absolute Gasteiger partial charge is 0.362 e. The van der Waals surface area contributed by atoms with Gasteiger partial charge in [-0.3, -0.25) is 4.79 Å². The molecule has 0 radical (unpaired) electrons. The van der Waals surface area contributed by atoms with E-state index in [9.17, 15) is 23.1 Å².